The molecule has 0 aliphatic carbocycles. The minimum atomic E-state index is -0.795. The minimum Gasteiger partial charge on any atom is -0.481 e. The Morgan fingerprint density at radius 2 is 2.06 bits per heavy atom. The molecule has 0 rings (SSSR count). The summed E-state index contributed by atoms with van der Waals surface area (Å²) in [7, 11) is 0. The number of rotatable bonds is 8. The number of amides is 2. The summed E-state index contributed by atoms with van der Waals surface area (Å²) in [5.41, 5.74) is 0. The normalized spacial score (nSPS) is 11.9. The van der Waals surface area contributed by atoms with E-state index in [9.17, 15) is 9.59 Å². The summed E-state index contributed by atoms with van der Waals surface area (Å²) in [6.45, 7) is 3.08. The molecule has 0 fully saturated rings. The Balaban J connectivity index is 3.47. The van der Waals surface area contributed by atoms with Gasteiger partial charge in [-0.05, 0) is 18.6 Å². The SMILES string of the molecule is CSCCNC(=O)NCC(C)CCC(=O)O. The van der Waals surface area contributed by atoms with Gasteiger partial charge < -0.3 is 15.7 Å². The maximum atomic E-state index is 11.2. The molecule has 0 saturated heterocycles. The van der Waals surface area contributed by atoms with Gasteiger partial charge in [0.25, 0.3) is 0 Å². The highest BCUT2D eigenvalue weighted by Crippen LogP contribution is 2.03. The van der Waals surface area contributed by atoms with E-state index < -0.39 is 5.97 Å². The first-order chi connectivity index (χ1) is 7.56. The van der Waals surface area contributed by atoms with Gasteiger partial charge in [0.05, 0.1) is 0 Å². The Bertz CT molecular complexity index is 224. The molecule has 5 nitrogen and oxygen atoms in total. The fraction of sp³-hybridized carbons (Fsp3) is 0.800. The summed E-state index contributed by atoms with van der Waals surface area (Å²) >= 11 is 1.67. The molecule has 0 aliphatic rings. The molecule has 0 aromatic carbocycles. The summed E-state index contributed by atoms with van der Waals surface area (Å²) in [4.78, 5) is 21.5. The van der Waals surface area contributed by atoms with Gasteiger partial charge in [0.15, 0.2) is 0 Å². The number of carbonyl (C=O) groups is 2. The van der Waals surface area contributed by atoms with E-state index in [0.29, 0.717) is 19.5 Å². The Kier molecular flexibility index (Phi) is 8.80. The lowest BCUT2D eigenvalue weighted by atomic mass is 10.1. The van der Waals surface area contributed by atoms with Crippen LogP contribution in [0.4, 0.5) is 4.79 Å². The van der Waals surface area contributed by atoms with Crippen molar-refractivity contribution in [3.05, 3.63) is 0 Å². The molecular weight excluding hydrogens is 228 g/mol. The van der Waals surface area contributed by atoms with Crippen molar-refractivity contribution < 1.29 is 14.7 Å². The summed E-state index contributed by atoms with van der Waals surface area (Å²) in [5, 5.41) is 13.9. The molecule has 0 bridgehead atoms. The highest BCUT2D eigenvalue weighted by molar-refractivity contribution is 7.98. The van der Waals surface area contributed by atoms with Crippen molar-refractivity contribution in [3.63, 3.8) is 0 Å². The van der Waals surface area contributed by atoms with Crippen LogP contribution in [0.2, 0.25) is 0 Å². The molecule has 0 heterocycles. The average Bonchev–Trinajstić information content (AvgIpc) is 2.24. The van der Waals surface area contributed by atoms with Crippen molar-refractivity contribution in [1.82, 2.24) is 10.6 Å². The van der Waals surface area contributed by atoms with Crippen molar-refractivity contribution in [2.75, 3.05) is 25.1 Å². The molecule has 3 N–H and O–H groups in total. The highest BCUT2D eigenvalue weighted by Gasteiger charge is 2.07. The van der Waals surface area contributed by atoms with E-state index in [2.05, 4.69) is 10.6 Å². The molecule has 0 saturated carbocycles. The van der Waals surface area contributed by atoms with Crippen LogP contribution >= 0.6 is 11.8 Å². The molecule has 0 aliphatic heterocycles. The van der Waals surface area contributed by atoms with Crippen LogP contribution in [0, 0.1) is 5.92 Å². The smallest absolute Gasteiger partial charge is 0.314 e. The topological polar surface area (TPSA) is 78.4 Å². The molecule has 0 aromatic rings. The van der Waals surface area contributed by atoms with Crippen molar-refractivity contribution in [3.8, 4) is 0 Å². The zero-order chi connectivity index (χ0) is 12.4. The molecule has 2 amide bonds. The van der Waals surface area contributed by atoms with Gasteiger partial charge in [-0.2, -0.15) is 11.8 Å². The van der Waals surface area contributed by atoms with Crippen molar-refractivity contribution in [2.45, 2.75) is 19.8 Å². The van der Waals surface area contributed by atoms with Gasteiger partial charge >= 0.3 is 12.0 Å². The van der Waals surface area contributed by atoms with Gasteiger partial charge in [0.1, 0.15) is 0 Å². The van der Waals surface area contributed by atoms with E-state index in [0.717, 1.165) is 5.75 Å². The summed E-state index contributed by atoms with van der Waals surface area (Å²) in [5.74, 6) is 0.279. The van der Waals surface area contributed by atoms with E-state index >= 15 is 0 Å². The number of nitrogens with one attached hydrogen (secondary N) is 2. The average molecular weight is 248 g/mol. The van der Waals surface area contributed by atoms with Crippen LogP contribution in [0.5, 0.6) is 0 Å². The number of hydrogen-bond donors (Lipinski definition) is 3. The predicted molar refractivity (Wildman–Crippen MR) is 65.8 cm³/mol. The number of thioether (sulfide) groups is 1. The number of hydrogen-bond acceptors (Lipinski definition) is 3. The van der Waals surface area contributed by atoms with Crippen LogP contribution in [0.15, 0.2) is 0 Å². The molecule has 6 heteroatoms. The lowest BCUT2D eigenvalue weighted by Crippen LogP contribution is -2.38. The van der Waals surface area contributed by atoms with Crippen LogP contribution in [0.25, 0.3) is 0 Å². The van der Waals surface area contributed by atoms with E-state index in [-0.39, 0.29) is 18.4 Å². The second-order valence-electron chi connectivity index (χ2n) is 3.67. The molecule has 16 heavy (non-hydrogen) atoms. The largest absolute Gasteiger partial charge is 0.481 e. The maximum absolute atomic E-state index is 11.2. The molecule has 0 aromatic heterocycles. The lowest BCUT2D eigenvalue weighted by Gasteiger charge is -2.12. The lowest BCUT2D eigenvalue weighted by molar-refractivity contribution is -0.137. The zero-order valence-corrected chi connectivity index (χ0v) is 10.6. The van der Waals surface area contributed by atoms with Crippen LogP contribution in [0.3, 0.4) is 0 Å². The quantitative estimate of drug-likeness (QED) is 0.563. The van der Waals surface area contributed by atoms with Crippen molar-refractivity contribution in [2.24, 2.45) is 5.92 Å². The number of carbonyl (C=O) groups excluding carboxylic acids is 1. The first-order valence-corrected chi connectivity index (χ1v) is 6.68. The molecule has 0 spiro atoms. The Labute approximate surface area is 100 Å². The predicted octanol–water partition coefficient (Wildman–Crippen LogP) is 1.15. The Morgan fingerprint density at radius 1 is 1.38 bits per heavy atom. The molecule has 1 atom stereocenters. The second-order valence-corrected chi connectivity index (χ2v) is 4.65. The van der Waals surface area contributed by atoms with Crippen LogP contribution in [0.1, 0.15) is 19.8 Å². The van der Waals surface area contributed by atoms with Gasteiger partial charge in [0, 0.05) is 25.3 Å². The third-order valence-corrected chi connectivity index (χ3v) is 2.67. The number of carboxylic acids is 1. The van der Waals surface area contributed by atoms with Gasteiger partial charge in [-0.15, -0.1) is 0 Å². The molecule has 94 valence electrons. The first-order valence-electron chi connectivity index (χ1n) is 5.28. The van der Waals surface area contributed by atoms with Crippen molar-refractivity contribution in [1.29, 1.82) is 0 Å². The van der Waals surface area contributed by atoms with Crippen LogP contribution in [-0.4, -0.2) is 42.2 Å². The van der Waals surface area contributed by atoms with Gasteiger partial charge in [-0.1, -0.05) is 6.92 Å². The number of urea groups is 1. The third-order valence-electron chi connectivity index (χ3n) is 2.05. The Morgan fingerprint density at radius 3 is 2.62 bits per heavy atom. The minimum absolute atomic E-state index is 0.150. The molecule has 0 radical (unpaired) electrons. The summed E-state index contributed by atoms with van der Waals surface area (Å²) in [6.07, 6.45) is 2.71. The molecular formula is C10H20N2O3S. The van der Waals surface area contributed by atoms with E-state index in [1.165, 1.54) is 0 Å². The first kappa shape index (κ1) is 15.1. The van der Waals surface area contributed by atoms with Gasteiger partial charge in [-0.3, -0.25) is 4.79 Å². The van der Waals surface area contributed by atoms with Crippen LogP contribution < -0.4 is 10.6 Å². The highest BCUT2D eigenvalue weighted by atomic mass is 32.2. The number of aliphatic carboxylic acids is 1. The fourth-order valence-electron chi connectivity index (χ4n) is 1.07. The van der Waals surface area contributed by atoms with Gasteiger partial charge in [0.2, 0.25) is 0 Å². The van der Waals surface area contributed by atoms with Crippen molar-refractivity contribution >= 4 is 23.8 Å². The third kappa shape index (κ3) is 9.64. The van der Waals surface area contributed by atoms with Crippen LogP contribution in [-0.2, 0) is 4.79 Å². The molecule has 1 unspecified atom stereocenters. The monoisotopic (exact) mass is 248 g/mol. The van der Waals surface area contributed by atoms with E-state index in [1.807, 2.05) is 13.2 Å². The van der Waals surface area contributed by atoms with Gasteiger partial charge in [-0.25, -0.2) is 4.79 Å². The summed E-state index contributed by atoms with van der Waals surface area (Å²) < 4.78 is 0. The van der Waals surface area contributed by atoms with E-state index in [1.54, 1.807) is 11.8 Å². The standard InChI is InChI=1S/C10H20N2O3S/c1-8(3-4-9(13)14)7-12-10(15)11-5-6-16-2/h8H,3-7H2,1-2H3,(H,13,14)(H2,11,12,15). The Hall–Kier alpha value is -0.910. The fourth-order valence-corrected chi connectivity index (χ4v) is 1.37. The zero-order valence-electron chi connectivity index (χ0n) is 9.78. The number of carboxylic acid groups (broad SMARTS) is 1. The maximum Gasteiger partial charge on any atom is 0.314 e. The summed E-state index contributed by atoms with van der Waals surface area (Å²) in [6, 6.07) is -0.184. The van der Waals surface area contributed by atoms with E-state index in [4.69, 9.17) is 5.11 Å². The second kappa shape index (κ2) is 9.33.